The Hall–Kier alpha value is -3.08. The van der Waals surface area contributed by atoms with Gasteiger partial charge in [-0.15, -0.1) is 10.2 Å². The Morgan fingerprint density at radius 3 is 2.57 bits per heavy atom. The molecule has 1 unspecified atom stereocenters. The second-order valence-electron chi connectivity index (χ2n) is 8.17. The molecular formula is C25H27FN6OS2. The normalized spacial score (nSPS) is 12.1. The number of thioether (sulfide) groups is 1. The molecular weight excluding hydrogens is 483 g/mol. The first-order chi connectivity index (χ1) is 16.9. The highest BCUT2D eigenvalue weighted by atomic mass is 32.2. The van der Waals surface area contributed by atoms with Crippen LogP contribution in [0.25, 0.3) is 10.4 Å². The smallest absolute Gasteiger partial charge is 0.236 e. The first-order valence-corrected chi connectivity index (χ1v) is 13.0. The van der Waals surface area contributed by atoms with Crippen molar-refractivity contribution < 1.29 is 9.18 Å². The van der Waals surface area contributed by atoms with Crippen LogP contribution in [0.2, 0.25) is 0 Å². The number of hydrogen-bond donors (Lipinski definition) is 1. The van der Waals surface area contributed by atoms with E-state index in [0.29, 0.717) is 16.8 Å². The summed E-state index contributed by atoms with van der Waals surface area (Å²) < 4.78 is 15.3. The summed E-state index contributed by atoms with van der Waals surface area (Å²) in [4.78, 5) is 19.9. The zero-order valence-electron chi connectivity index (χ0n) is 19.8. The van der Waals surface area contributed by atoms with Crippen LogP contribution in [-0.4, -0.2) is 50.4 Å². The largest absolute Gasteiger partial charge is 0.301 e. The van der Waals surface area contributed by atoms with E-state index >= 15 is 0 Å². The molecule has 2 heterocycles. The van der Waals surface area contributed by atoms with Gasteiger partial charge in [-0.05, 0) is 43.8 Å². The van der Waals surface area contributed by atoms with E-state index in [2.05, 4.69) is 49.0 Å². The molecule has 0 saturated heterocycles. The van der Waals surface area contributed by atoms with Gasteiger partial charge >= 0.3 is 0 Å². The van der Waals surface area contributed by atoms with Crippen LogP contribution in [0.4, 0.5) is 9.52 Å². The zero-order chi connectivity index (χ0) is 24.8. The van der Waals surface area contributed by atoms with Crippen molar-refractivity contribution in [3.05, 3.63) is 78.0 Å². The Kier molecular flexibility index (Phi) is 8.27. The fraction of sp³-hybridized carbons (Fsp3) is 0.280. The predicted molar refractivity (Wildman–Crippen MR) is 139 cm³/mol. The van der Waals surface area contributed by atoms with Crippen molar-refractivity contribution in [3.63, 3.8) is 0 Å². The van der Waals surface area contributed by atoms with Gasteiger partial charge in [0.05, 0.1) is 23.2 Å². The van der Waals surface area contributed by atoms with Gasteiger partial charge in [0.15, 0.2) is 16.1 Å². The SMILES string of the molecule is CCC(c1nnc(SCC(=O)Nc2ncc(-c3ccc(F)cc3)s2)n1Cc1ccccc1)N(C)C. The summed E-state index contributed by atoms with van der Waals surface area (Å²) in [7, 11) is 4.06. The van der Waals surface area contributed by atoms with E-state index in [9.17, 15) is 9.18 Å². The van der Waals surface area contributed by atoms with Crippen LogP contribution in [0.5, 0.6) is 0 Å². The number of carbonyl (C=O) groups excluding carboxylic acids is 1. The lowest BCUT2D eigenvalue weighted by Crippen LogP contribution is -2.23. The first kappa shape index (κ1) is 25.0. The van der Waals surface area contributed by atoms with E-state index in [1.54, 1.807) is 18.3 Å². The average molecular weight is 511 g/mol. The fourth-order valence-corrected chi connectivity index (χ4v) is 5.29. The van der Waals surface area contributed by atoms with Gasteiger partial charge in [0, 0.05) is 6.20 Å². The number of halogens is 1. The van der Waals surface area contributed by atoms with Crippen molar-refractivity contribution in [2.45, 2.75) is 31.1 Å². The molecule has 0 spiro atoms. The van der Waals surface area contributed by atoms with E-state index in [1.165, 1.54) is 35.2 Å². The molecule has 0 aliphatic heterocycles. The Morgan fingerprint density at radius 1 is 1.14 bits per heavy atom. The van der Waals surface area contributed by atoms with Crippen molar-refractivity contribution in [1.82, 2.24) is 24.6 Å². The van der Waals surface area contributed by atoms with Crippen LogP contribution in [0.1, 0.15) is 30.8 Å². The van der Waals surface area contributed by atoms with Gasteiger partial charge in [0.2, 0.25) is 5.91 Å². The first-order valence-electron chi connectivity index (χ1n) is 11.2. The number of nitrogens with one attached hydrogen (secondary N) is 1. The highest BCUT2D eigenvalue weighted by molar-refractivity contribution is 7.99. The second-order valence-corrected chi connectivity index (χ2v) is 10.1. The lowest BCUT2D eigenvalue weighted by Gasteiger charge is -2.23. The van der Waals surface area contributed by atoms with Gasteiger partial charge in [-0.25, -0.2) is 9.37 Å². The summed E-state index contributed by atoms with van der Waals surface area (Å²) in [6, 6.07) is 16.5. The molecule has 7 nitrogen and oxygen atoms in total. The summed E-state index contributed by atoms with van der Waals surface area (Å²) in [5, 5.41) is 13.0. The molecule has 1 atom stereocenters. The number of nitrogens with zero attached hydrogens (tertiary/aromatic N) is 5. The summed E-state index contributed by atoms with van der Waals surface area (Å²) >= 11 is 2.70. The van der Waals surface area contributed by atoms with Crippen LogP contribution in [0.3, 0.4) is 0 Å². The van der Waals surface area contributed by atoms with E-state index in [4.69, 9.17) is 0 Å². The highest BCUT2D eigenvalue weighted by Crippen LogP contribution is 2.30. The van der Waals surface area contributed by atoms with Gasteiger partial charge < -0.3 is 9.88 Å². The van der Waals surface area contributed by atoms with Crippen LogP contribution in [0.15, 0.2) is 66.0 Å². The molecule has 0 aliphatic carbocycles. The second kappa shape index (κ2) is 11.6. The predicted octanol–water partition coefficient (Wildman–Crippen LogP) is 5.33. The molecule has 2 aromatic carbocycles. The fourth-order valence-electron chi connectivity index (χ4n) is 3.71. The summed E-state index contributed by atoms with van der Waals surface area (Å²) in [6.45, 7) is 2.76. The highest BCUT2D eigenvalue weighted by Gasteiger charge is 2.23. The molecule has 182 valence electrons. The number of amides is 1. The Labute approximate surface area is 212 Å². The molecule has 10 heteroatoms. The van der Waals surface area contributed by atoms with Crippen molar-refractivity contribution in [1.29, 1.82) is 0 Å². The lowest BCUT2D eigenvalue weighted by molar-refractivity contribution is -0.113. The average Bonchev–Trinajstić information content (AvgIpc) is 3.47. The van der Waals surface area contributed by atoms with Gasteiger partial charge in [0.1, 0.15) is 5.82 Å². The minimum Gasteiger partial charge on any atom is -0.301 e. The van der Waals surface area contributed by atoms with Gasteiger partial charge in [-0.1, -0.05) is 72.5 Å². The Balaban J connectivity index is 1.45. The van der Waals surface area contributed by atoms with Crippen molar-refractivity contribution in [2.75, 3.05) is 25.2 Å². The van der Waals surface area contributed by atoms with Gasteiger partial charge in [-0.2, -0.15) is 0 Å². The zero-order valence-corrected chi connectivity index (χ0v) is 21.4. The van der Waals surface area contributed by atoms with Crippen molar-refractivity contribution in [2.24, 2.45) is 0 Å². The number of rotatable bonds is 10. The topological polar surface area (TPSA) is 75.9 Å². The summed E-state index contributed by atoms with van der Waals surface area (Å²) in [5.74, 6) is 0.596. The molecule has 4 rings (SSSR count). The van der Waals surface area contributed by atoms with E-state index in [1.807, 2.05) is 32.3 Å². The maximum atomic E-state index is 13.2. The molecule has 0 radical (unpaired) electrons. The Morgan fingerprint density at radius 2 is 1.89 bits per heavy atom. The Bertz CT molecular complexity index is 1260. The molecule has 0 bridgehead atoms. The van der Waals surface area contributed by atoms with Crippen LogP contribution >= 0.6 is 23.1 Å². The minimum atomic E-state index is -0.289. The number of anilines is 1. The van der Waals surface area contributed by atoms with E-state index in [0.717, 1.165) is 28.2 Å². The standard InChI is InChI=1S/C25H27FN6OS2/c1-4-20(31(2)3)23-29-30-25(32(23)15-17-8-6-5-7-9-17)34-16-22(33)28-24-27-14-21(35-24)18-10-12-19(26)13-11-18/h5-14,20H,4,15-16H2,1-3H3,(H,27,28,33). The third-order valence-corrected chi connectivity index (χ3v) is 7.38. The van der Waals surface area contributed by atoms with Crippen molar-refractivity contribution >= 4 is 34.1 Å². The number of aromatic nitrogens is 4. The van der Waals surface area contributed by atoms with E-state index in [-0.39, 0.29) is 23.5 Å². The maximum absolute atomic E-state index is 13.2. The third kappa shape index (κ3) is 6.33. The van der Waals surface area contributed by atoms with E-state index < -0.39 is 0 Å². The number of carbonyl (C=O) groups is 1. The van der Waals surface area contributed by atoms with Gasteiger partial charge in [-0.3, -0.25) is 9.69 Å². The van der Waals surface area contributed by atoms with Crippen LogP contribution < -0.4 is 5.32 Å². The van der Waals surface area contributed by atoms with Crippen LogP contribution in [0, 0.1) is 5.82 Å². The number of benzene rings is 2. The summed E-state index contributed by atoms with van der Waals surface area (Å²) in [6.07, 6.45) is 2.57. The maximum Gasteiger partial charge on any atom is 0.236 e. The van der Waals surface area contributed by atoms with Crippen LogP contribution in [-0.2, 0) is 11.3 Å². The summed E-state index contributed by atoms with van der Waals surface area (Å²) in [5.41, 5.74) is 2.00. The number of thiazole rings is 1. The molecule has 0 saturated carbocycles. The molecule has 0 aliphatic rings. The molecule has 0 fully saturated rings. The minimum absolute atomic E-state index is 0.120. The molecule has 2 aromatic heterocycles. The van der Waals surface area contributed by atoms with Crippen molar-refractivity contribution in [3.8, 4) is 10.4 Å². The monoisotopic (exact) mass is 510 g/mol. The molecule has 4 aromatic rings. The lowest BCUT2D eigenvalue weighted by atomic mass is 10.2. The molecule has 35 heavy (non-hydrogen) atoms. The quantitative estimate of drug-likeness (QED) is 0.291. The third-order valence-electron chi connectivity index (χ3n) is 5.45. The molecule has 1 amide bonds. The molecule has 1 N–H and O–H groups in total. The number of hydrogen-bond acceptors (Lipinski definition) is 7. The van der Waals surface area contributed by atoms with Gasteiger partial charge in [0.25, 0.3) is 0 Å².